The highest BCUT2D eigenvalue weighted by Gasteiger charge is 2.80. The van der Waals surface area contributed by atoms with E-state index in [0.717, 1.165) is 0 Å². The summed E-state index contributed by atoms with van der Waals surface area (Å²) in [5.74, 6) is -0.521. The molecule has 0 amide bonds. The Kier molecular flexibility index (Phi) is 2.75. The number of aliphatic hydroxyl groups excluding tert-OH is 1. The van der Waals surface area contributed by atoms with E-state index < -0.39 is 46.3 Å². The first kappa shape index (κ1) is 15.2. The monoisotopic (exact) mass is 300 g/mol. The Morgan fingerprint density at radius 1 is 1.19 bits per heavy atom. The third kappa shape index (κ3) is 1.36. The van der Waals surface area contributed by atoms with Crippen molar-refractivity contribution in [3.05, 3.63) is 0 Å². The summed E-state index contributed by atoms with van der Waals surface area (Å²) in [4.78, 5) is 12.0. The van der Waals surface area contributed by atoms with Crippen LogP contribution in [0.2, 0.25) is 0 Å². The number of hydrogen-bond donors (Lipinski definition) is 4. The zero-order valence-electron chi connectivity index (χ0n) is 12.7. The van der Waals surface area contributed by atoms with Gasteiger partial charge in [-0.2, -0.15) is 0 Å². The predicted molar refractivity (Wildman–Crippen MR) is 72.2 cm³/mol. The van der Waals surface area contributed by atoms with Crippen LogP contribution in [0.25, 0.3) is 0 Å². The van der Waals surface area contributed by atoms with Crippen LogP contribution in [-0.2, 0) is 9.53 Å². The number of rotatable bonds is 1. The van der Waals surface area contributed by atoms with Gasteiger partial charge in [0, 0.05) is 5.41 Å². The van der Waals surface area contributed by atoms with Crippen molar-refractivity contribution in [2.24, 2.45) is 10.8 Å². The smallest absolute Gasteiger partial charge is 0.306 e. The predicted octanol–water partition coefficient (Wildman–Crippen LogP) is -0.283. The van der Waals surface area contributed by atoms with Gasteiger partial charge in [0.1, 0.15) is 11.7 Å². The standard InChI is InChI=1S/C15H24O6/c1-11(8-16)13(3,19)9-6-14(7-10(17)21-9)12(2,18)4-5-15(11,14)20/h9,16,18-20H,4-8H2,1-3H3. The SMILES string of the molecule is CC1(O)CCC2(O)C(C)(CO)C(C)(O)C3CC12CC(=O)O3. The van der Waals surface area contributed by atoms with E-state index in [-0.39, 0.29) is 19.3 Å². The third-order valence-corrected chi connectivity index (χ3v) is 7.02. The van der Waals surface area contributed by atoms with Gasteiger partial charge < -0.3 is 25.2 Å². The van der Waals surface area contributed by atoms with Crippen molar-refractivity contribution in [3.8, 4) is 0 Å². The summed E-state index contributed by atoms with van der Waals surface area (Å²) in [6.45, 7) is 4.26. The summed E-state index contributed by atoms with van der Waals surface area (Å²) in [6.07, 6.45) is -0.202. The lowest BCUT2D eigenvalue weighted by molar-refractivity contribution is -0.336. The van der Waals surface area contributed by atoms with Crippen molar-refractivity contribution in [1.29, 1.82) is 0 Å². The molecule has 120 valence electrons. The molecule has 1 heterocycles. The Morgan fingerprint density at radius 3 is 2.38 bits per heavy atom. The number of ether oxygens (including phenoxy) is 1. The van der Waals surface area contributed by atoms with Gasteiger partial charge in [-0.25, -0.2) is 0 Å². The second-order valence-corrected chi connectivity index (χ2v) is 7.71. The molecule has 21 heavy (non-hydrogen) atoms. The molecule has 6 unspecified atom stereocenters. The van der Waals surface area contributed by atoms with Crippen LogP contribution in [-0.4, -0.2) is 55.9 Å². The molecule has 0 aromatic rings. The molecule has 0 aromatic carbocycles. The highest BCUT2D eigenvalue weighted by molar-refractivity contribution is 5.73. The quantitative estimate of drug-likeness (QED) is 0.496. The maximum atomic E-state index is 12.0. The fraction of sp³-hybridized carbons (Fsp3) is 0.933. The van der Waals surface area contributed by atoms with Gasteiger partial charge in [0.15, 0.2) is 0 Å². The van der Waals surface area contributed by atoms with E-state index in [0.29, 0.717) is 6.42 Å². The minimum atomic E-state index is -1.57. The summed E-state index contributed by atoms with van der Waals surface area (Å²) in [5.41, 5.74) is -6.73. The molecule has 1 aliphatic heterocycles. The molecule has 0 aromatic heterocycles. The van der Waals surface area contributed by atoms with E-state index in [1.807, 2.05) is 0 Å². The first-order valence-corrected chi connectivity index (χ1v) is 7.45. The van der Waals surface area contributed by atoms with Gasteiger partial charge in [-0.15, -0.1) is 0 Å². The van der Waals surface area contributed by atoms with E-state index in [1.54, 1.807) is 13.8 Å². The first-order chi connectivity index (χ1) is 9.47. The maximum Gasteiger partial charge on any atom is 0.306 e. The molecule has 2 bridgehead atoms. The van der Waals surface area contributed by atoms with Gasteiger partial charge in [0.25, 0.3) is 0 Å². The summed E-state index contributed by atoms with van der Waals surface area (Å²) in [7, 11) is 0. The van der Waals surface area contributed by atoms with Crippen molar-refractivity contribution in [1.82, 2.24) is 0 Å². The molecular weight excluding hydrogens is 276 g/mol. The second-order valence-electron chi connectivity index (χ2n) is 7.71. The number of hydrogen-bond acceptors (Lipinski definition) is 6. The Balaban J connectivity index is 2.27. The number of carbonyl (C=O) groups is 1. The van der Waals surface area contributed by atoms with Crippen LogP contribution in [0.15, 0.2) is 0 Å². The third-order valence-electron chi connectivity index (χ3n) is 7.02. The summed E-state index contributed by atoms with van der Waals surface area (Å²) in [5, 5.41) is 43.1. The fourth-order valence-corrected chi connectivity index (χ4v) is 5.13. The lowest BCUT2D eigenvalue weighted by atomic mass is 9.44. The molecule has 3 aliphatic rings. The summed E-state index contributed by atoms with van der Waals surface area (Å²) in [6, 6.07) is 0. The first-order valence-electron chi connectivity index (χ1n) is 7.45. The molecule has 6 nitrogen and oxygen atoms in total. The van der Waals surface area contributed by atoms with Crippen LogP contribution >= 0.6 is 0 Å². The molecule has 6 heteroatoms. The Bertz CT molecular complexity index is 500. The molecule has 0 radical (unpaired) electrons. The number of aliphatic hydroxyl groups is 4. The van der Waals surface area contributed by atoms with E-state index in [9.17, 15) is 25.2 Å². The van der Waals surface area contributed by atoms with Crippen LogP contribution in [0, 0.1) is 10.8 Å². The molecule has 1 spiro atoms. The molecule has 4 N–H and O–H groups in total. The number of esters is 1. The molecule has 2 saturated carbocycles. The zero-order chi connectivity index (χ0) is 15.9. The van der Waals surface area contributed by atoms with Crippen LogP contribution in [0.3, 0.4) is 0 Å². The van der Waals surface area contributed by atoms with E-state index in [2.05, 4.69) is 0 Å². The topological polar surface area (TPSA) is 107 Å². The lowest BCUT2D eigenvalue weighted by Crippen LogP contribution is -2.79. The van der Waals surface area contributed by atoms with Crippen LogP contribution in [0.1, 0.15) is 46.5 Å². The van der Waals surface area contributed by atoms with Gasteiger partial charge in [0.05, 0.1) is 29.6 Å². The van der Waals surface area contributed by atoms with Crippen molar-refractivity contribution >= 4 is 5.97 Å². The summed E-state index contributed by atoms with van der Waals surface area (Å²) >= 11 is 0. The lowest BCUT2D eigenvalue weighted by Gasteiger charge is -2.67. The zero-order valence-corrected chi connectivity index (χ0v) is 12.7. The summed E-state index contributed by atoms with van der Waals surface area (Å²) < 4.78 is 5.29. The fourth-order valence-electron chi connectivity index (χ4n) is 5.13. The van der Waals surface area contributed by atoms with Crippen LogP contribution < -0.4 is 0 Å². The normalized spacial score (nSPS) is 59.6. The maximum absolute atomic E-state index is 12.0. The number of fused-ring (bicyclic) bond motifs is 1. The van der Waals surface area contributed by atoms with Gasteiger partial charge in [-0.1, -0.05) is 6.92 Å². The Hall–Kier alpha value is -0.690. The van der Waals surface area contributed by atoms with E-state index in [1.165, 1.54) is 6.92 Å². The van der Waals surface area contributed by atoms with Gasteiger partial charge in [-0.05, 0) is 33.1 Å². The van der Waals surface area contributed by atoms with Gasteiger partial charge in [-0.3, -0.25) is 4.79 Å². The molecule has 2 aliphatic carbocycles. The van der Waals surface area contributed by atoms with E-state index in [4.69, 9.17) is 4.74 Å². The average molecular weight is 300 g/mol. The Labute approximate surface area is 123 Å². The Morgan fingerprint density at radius 2 is 1.81 bits per heavy atom. The van der Waals surface area contributed by atoms with Gasteiger partial charge >= 0.3 is 5.97 Å². The van der Waals surface area contributed by atoms with Crippen LogP contribution in [0.4, 0.5) is 0 Å². The molecule has 1 saturated heterocycles. The highest BCUT2D eigenvalue weighted by atomic mass is 16.6. The molecule has 6 atom stereocenters. The van der Waals surface area contributed by atoms with Gasteiger partial charge in [0.2, 0.25) is 0 Å². The minimum Gasteiger partial charge on any atom is -0.459 e. The van der Waals surface area contributed by atoms with Crippen LogP contribution in [0.5, 0.6) is 0 Å². The van der Waals surface area contributed by atoms with Crippen molar-refractivity contribution in [2.75, 3.05) is 6.61 Å². The highest BCUT2D eigenvalue weighted by Crippen LogP contribution is 2.71. The molecule has 3 fully saturated rings. The second kappa shape index (κ2) is 3.79. The van der Waals surface area contributed by atoms with Crippen molar-refractivity contribution < 1.29 is 30.0 Å². The molecular formula is C15H24O6. The molecule has 3 rings (SSSR count). The largest absolute Gasteiger partial charge is 0.459 e. The average Bonchev–Trinajstić information content (AvgIpc) is 2.58. The number of carbonyl (C=O) groups excluding carboxylic acids is 1. The van der Waals surface area contributed by atoms with E-state index >= 15 is 0 Å². The minimum absolute atomic E-state index is 0.0985. The van der Waals surface area contributed by atoms with Crippen molar-refractivity contribution in [2.45, 2.75) is 69.4 Å². The van der Waals surface area contributed by atoms with Crippen molar-refractivity contribution in [3.63, 3.8) is 0 Å².